The highest BCUT2D eigenvalue weighted by Crippen LogP contribution is 2.49. The number of ether oxygens (including phenoxy) is 1. The maximum Gasteiger partial charge on any atom is 0.305 e. The molecule has 0 unspecified atom stereocenters. The van der Waals surface area contributed by atoms with Crippen molar-refractivity contribution in [2.24, 2.45) is 4.99 Å². The van der Waals surface area contributed by atoms with Crippen LogP contribution in [-0.4, -0.2) is 18.3 Å². The molecule has 3 nitrogen and oxygen atoms in total. The Labute approximate surface area is 120 Å². The standard InChI is InChI=1S/C17H21NO2/c1-2-20-16(19)10-12-17-11-6-5-9-15(17)18-14-8-4-3-7-13(14)17/h3-4,7-8H,2,5-6,9-12H2,1H3/t17-/m0/s1. The quantitative estimate of drug-likeness (QED) is 0.778. The van der Waals surface area contributed by atoms with Crippen LogP contribution in [0.15, 0.2) is 29.3 Å². The zero-order valence-electron chi connectivity index (χ0n) is 12.0. The van der Waals surface area contributed by atoms with Gasteiger partial charge in [0.2, 0.25) is 0 Å². The summed E-state index contributed by atoms with van der Waals surface area (Å²) in [5.74, 6) is -0.0869. The van der Waals surface area contributed by atoms with Crippen LogP contribution in [0.3, 0.4) is 0 Å². The van der Waals surface area contributed by atoms with Crippen molar-refractivity contribution in [2.45, 2.75) is 50.9 Å². The average molecular weight is 271 g/mol. The second-order valence-corrected chi connectivity index (χ2v) is 5.67. The van der Waals surface area contributed by atoms with Gasteiger partial charge in [-0.2, -0.15) is 0 Å². The predicted molar refractivity (Wildman–Crippen MR) is 79.6 cm³/mol. The predicted octanol–water partition coefficient (Wildman–Crippen LogP) is 3.93. The van der Waals surface area contributed by atoms with Gasteiger partial charge in [-0.3, -0.25) is 9.79 Å². The summed E-state index contributed by atoms with van der Waals surface area (Å²) >= 11 is 0. The molecule has 0 bridgehead atoms. The van der Waals surface area contributed by atoms with Crippen molar-refractivity contribution in [1.29, 1.82) is 0 Å². The minimum atomic E-state index is -0.0869. The zero-order chi connectivity index (χ0) is 14.0. The average Bonchev–Trinajstić information content (AvgIpc) is 2.80. The summed E-state index contributed by atoms with van der Waals surface area (Å²) in [5, 5.41) is 0. The van der Waals surface area contributed by atoms with Crippen LogP contribution in [0, 0.1) is 0 Å². The fraction of sp³-hybridized carbons (Fsp3) is 0.529. The number of fused-ring (bicyclic) bond motifs is 3. The van der Waals surface area contributed by atoms with Gasteiger partial charge in [-0.1, -0.05) is 24.6 Å². The molecule has 0 N–H and O–H groups in total. The first kappa shape index (κ1) is 13.3. The number of carbonyl (C=O) groups excluding carboxylic acids is 1. The van der Waals surface area contributed by atoms with Gasteiger partial charge in [0.1, 0.15) is 0 Å². The molecule has 1 fully saturated rings. The molecule has 1 saturated carbocycles. The lowest BCUT2D eigenvalue weighted by atomic mass is 9.66. The number of benzene rings is 1. The van der Waals surface area contributed by atoms with Crippen LogP contribution in [0.5, 0.6) is 0 Å². The van der Waals surface area contributed by atoms with Crippen LogP contribution in [0.25, 0.3) is 0 Å². The molecule has 1 aromatic carbocycles. The third kappa shape index (κ3) is 2.15. The fourth-order valence-electron chi connectivity index (χ4n) is 3.63. The third-order valence-electron chi connectivity index (χ3n) is 4.56. The number of rotatable bonds is 4. The number of para-hydroxylation sites is 1. The van der Waals surface area contributed by atoms with Crippen LogP contribution < -0.4 is 0 Å². The Kier molecular flexibility index (Phi) is 3.60. The van der Waals surface area contributed by atoms with E-state index < -0.39 is 0 Å². The van der Waals surface area contributed by atoms with E-state index >= 15 is 0 Å². The topological polar surface area (TPSA) is 38.7 Å². The van der Waals surface area contributed by atoms with Gasteiger partial charge in [-0.15, -0.1) is 0 Å². The Morgan fingerprint density at radius 3 is 3.05 bits per heavy atom. The number of nitrogens with zero attached hydrogens (tertiary/aromatic N) is 1. The van der Waals surface area contributed by atoms with E-state index in [1.54, 1.807) is 0 Å². The molecule has 3 rings (SSSR count). The maximum absolute atomic E-state index is 11.7. The first-order valence-corrected chi connectivity index (χ1v) is 7.59. The summed E-state index contributed by atoms with van der Waals surface area (Å²) in [4.78, 5) is 16.6. The summed E-state index contributed by atoms with van der Waals surface area (Å²) in [5.41, 5.74) is 3.71. The molecule has 0 radical (unpaired) electrons. The maximum atomic E-state index is 11.7. The number of aliphatic imine (C=N–C) groups is 1. The Morgan fingerprint density at radius 2 is 2.20 bits per heavy atom. The van der Waals surface area contributed by atoms with E-state index in [9.17, 15) is 4.79 Å². The van der Waals surface area contributed by atoms with Crippen molar-refractivity contribution in [3.8, 4) is 0 Å². The molecule has 1 atom stereocenters. The van der Waals surface area contributed by atoms with Crippen molar-refractivity contribution < 1.29 is 9.53 Å². The summed E-state index contributed by atoms with van der Waals surface area (Å²) in [6.07, 6.45) is 5.94. The van der Waals surface area contributed by atoms with Crippen molar-refractivity contribution in [2.75, 3.05) is 6.61 Å². The Bertz CT molecular complexity index is 550. The number of hydrogen-bond donors (Lipinski definition) is 0. The molecule has 3 heteroatoms. The van der Waals surface area contributed by atoms with Crippen LogP contribution in [-0.2, 0) is 14.9 Å². The van der Waals surface area contributed by atoms with E-state index in [-0.39, 0.29) is 11.4 Å². The van der Waals surface area contributed by atoms with Crippen molar-refractivity contribution in [3.05, 3.63) is 29.8 Å². The van der Waals surface area contributed by atoms with Gasteiger partial charge in [0.25, 0.3) is 0 Å². The van der Waals surface area contributed by atoms with Gasteiger partial charge in [0, 0.05) is 17.5 Å². The fourth-order valence-corrected chi connectivity index (χ4v) is 3.63. The van der Waals surface area contributed by atoms with Gasteiger partial charge in [0.15, 0.2) is 0 Å². The first-order chi connectivity index (χ1) is 9.76. The molecule has 1 aliphatic heterocycles. The van der Waals surface area contributed by atoms with Crippen molar-refractivity contribution >= 4 is 17.4 Å². The van der Waals surface area contributed by atoms with Crippen molar-refractivity contribution in [3.63, 3.8) is 0 Å². The van der Waals surface area contributed by atoms with Gasteiger partial charge in [-0.05, 0) is 44.2 Å². The van der Waals surface area contributed by atoms with E-state index in [0.717, 1.165) is 24.9 Å². The summed E-state index contributed by atoms with van der Waals surface area (Å²) in [6, 6.07) is 8.40. The van der Waals surface area contributed by atoms with Crippen LogP contribution in [0.1, 0.15) is 51.0 Å². The molecule has 0 amide bonds. The largest absolute Gasteiger partial charge is 0.466 e. The van der Waals surface area contributed by atoms with Gasteiger partial charge in [-0.25, -0.2) is 0 Å². The highest BCUT2D eigenvalue weighted by Gasteiger charge is 2.44. The van der Waals surface area contributed by atoms with E-state index in [2.05, 4.69) is 18.2 Å². The Hall–Kier alpha value is -1.64. The summed E-state index contributed by atoms with van der Waals surface area (Å²) < 4.78 is 5.09. The van der Waals surface area contributed by atoms with Crippen LogP contribution in [0.2, 0.25) is 0 Å². The molecule has 1 aromatic rings. The molecular weight excluding hydrogens is 250 g/mol. The number of carbonyl (C=O) groups is 1. The van der Waals surface area contributed by atoms with Gasteiger partial charge in [0.05, 0.1) is 12.3 Å². The molecule has 106 valence electrons. The smallest absolute Gasteiger partial charge is 0.305 e. The lowest BCUT2D eigenvalue weighted by Crippen LogP contribution is -2.36. The van der Waals surface area contributed by atoms with Crippen molar-refractivity contribution in [1.82, 2.24) is 0 Å². The first-order valence-electron chi connectivity index (χ1n) is 7.59. The second kappa shape index (κ2) is 5.39. The lowest BCUT2D eigenvalue weighted by molar-refractivity contribution is -0.143. The Balaban J connectivity index is 1.87. The normalized spacial score (nSPS) is 23.8. The van der Waals surface area contributed by atoms with E-state index in [1.807, 2.05) is 13.0 Å². The number of hydrogen-bond acceptors (Lipinski definition) is 3. The molecule has 0 spiro atoms. The lowest BCUT2D eigenvalue weighted by Gasteiger charge is -2.35. The summed E-state index contributed by atoms with van der Waals surface area (Å²) in [7, 11) is 0. The molecule has 20 heavy (non-hydrogen) atoms. The van der Waals surface area contributed by atoms with Gasteiger partial charge < -0.3 is 4.74 Å². The van der Waals surface area contributed by atoms with Crippen LogP contribution >= 0.6 is 0 Å². The summed E-state index contributed by atoms with van der Waals surface area (Å²) in [6.45, 7) is 2.32. The number of esters is 1. The minimum Gasteiger partial charge on any atom is -0.466 e. The highest BCUT2D eigenvalue weighted by molar-refractivity contribution is 6.02. The molecule has 1 heterocycles. The van der Waals surface area contributed by atoms with Crippen LogP contribution in [0.4, 0.5) is 5.69 Å². The second-order valence-electron chi connectivity index (χ2n) is 5.67. The molecule has 2 aliphatic rings. The molecular formula is C17H21NO2. The monoisotopic (exact) mass is 271 g/mol. The van der Waals surface area contributed by atoms with E-state index in [0.29, 0.717) is 13.0 Å². The Morgan fingerprint density at radius 1 is 1.35 bits per heavy atom. The third-order valence-corrected chi connectivity index (χ3v) is 4.56. The van der Waals surface area contributed by atoms with E-state index in [4.69, 9.17) is 9.73 Å². The molecule has 0 aromatic heterocycles. The minimum absolute atomic E-state index is 0.00159. The van der Waals surface area contributed by atoms with Gasteiger partial charge >= 0.3 is 5.97 Å². The highest BCUT2D eigenvalue weighted by atomic mass is 16.5. The SMILES string of the molecule is CCOC(=O)CC[C@]12CCCCC1=Nc1ccccc12. The zero-order valence-corrected chi connectivity index (χ0v) is 12.0. The van der Waals surface area contributed by atoms with E-state index in [1.165, 1.54) is 24.1 Å². The molecule has 0 saturated heterocycles. The molecule has 1 aliphatic carbocycles.